The molecule has 0 spiro atoms. The third-order valence-electron chi connectivity index (χ3n) is 5.18. The Morgan fingerprint density at radius 2 is 2.18 bits per heavy atom. The van der Waals surface area contributed by atoms with Crippen LogP contribution in [0.5, 0.6) is 5.75 Å². The zero-order valence-electron chi connectivity index (χ0n) is 13.2. The Labute approximate surface area is 131 Å². The first-order valence-corrected chi connectivity index (χ1v) is 8.22. The average Bonchev–Trinajstić information content (AvgIpc) is 3.12. The van der Waals surface area contributed by atoms with Crippen molar-refractivity contribution >= 4 is 0 Å². The maximum atomic E-state index is 5.84. The highest BCUT2D eigenvalue weighted by Crippen LogP contribution is 2.37. The van der Waals surface area contributed by atoms with E-state index in [1.165, 1.54) is 29.7 Å². The van der Waals surface area contributed by atoms with Crippen LogP contribution in [0.1, 0.15) is 48.5 Å². The van der Waals surface area contributed by atoms with Crippen molar-refractivity contribution in [1.29, 1.82) is 0 Å². The van der Waals surface area contributed by atoms with E-state index >= 15 is 0 Å². The normalized spacial score (nSPS) is 24.5. The summed E-state index contributed by atoms with van der Waals surface area (Å²) in [6.07, 6.45) is 5.61. The highest BCUT2D eigenvalue weighted by molar-refractivity contribution is 5.40. The lowest BCUT2D eigenvalue weighted by Crippen LogP contribution is -2.37. The molecule has 1 aliphatic carbocycles. The second kappa shape index (κ2) is 5.43. The van der Waals surface area contributed by atoms with Gasteiger partial charge in [-0.2, -0.15) is 5.10 Å². The fourth-order valence-corrected chi connectivity index (χ4v) is 3.91. The molecule has 0 saturated heterocycles. The van der Waals surface area contributed by atoms with E-state index < -0.39 is 0 Å². The minimum absolute atomic E-state index is 0.389. The van der Waals surface area contributed by atoms with Gasteiger partial charge in [-0.1, -0.05) is 18.2 Å². The molecular formula is C18H23N3O. The van der Waals surface area contributed by atoms with Gasteiger partial charge in [0.05, 0.1) is 12.8 Å². The number of ether oxygens (including phenoxy) is 1. The fourth-order valence-electron chi connectivity index (χ4n) is 3.91. The molecule has 0 fully saturated rings. The number of hydrogen-bond acceptors (Lipinski definition) is 3. The third kappa shape index (κ3) is 2.22. The molecule has 0 amide bonds. The van der Waals surface area contributed by atoms with E-state index in [4.69, 9.17) is 4.74 Å². The lowest BCUT2D eigenvalue weighted by molar-refractivity contribution is 0.288. The minimum Gasteiger partial charge on any atom is -0.493 e. The molecule has 2 aliphatic rings. The van der Waals surface area contributed by atoms with Crippen LogP contribution in [0.2, 0.25) is 0 Å². The SMILES string of the molecule is CC(NC1CCCc2c1cnn2C)C1COc2ccccc21. The average molecular weight is 297 g/mol. The zero-order valence-corrected chi connectivity index (χ0v) is 13.2. The maximum Gasteiger partial charge on any atom is 0.122 e. The van der Waals surface area contributed by atoms with Gasteiger partial charge in [-0.05, 0) is 32.3 Å². The molecule has 1 aliphatic heterocycles. The molecule has 1 aromatic heterocycles. The lowest BCUT2D eigenvalue weighted by Gasteiger charge is -2.29. The number of nitrogens with one attached hydrogen (secondary N) is 1. The first-order valence-electron chi connectivity index (χ1n) is 8.22. The van der Waals surface area contributed by atoms with Crippen LogP contribution in [0.3, 0.4) is 0 Å². The van der Waals surface area contributed by atoms with Crippen molar-refractivity contribution in [2.45, 2.75) is 44.2 Å². The van der Waals surface area contributed by atoms with Gasteiger partial charge in [-0.3, -0.25) is 4.68 Å². The van der Waals surface area contributed by atoms with Gasteiger partial charge in [-0.25, -0.2) is 0 Å². The molecule has 4 rings (SSSR count). The van der Waals surface area contributed by atoms with Gasteiger partial charge in [0.1, 0.15) is 5.75 Å². The Balaban J connectivity index is 1.53. The summed E-state index contributed by atoms with van der Waals surface area (Å²) in [5.74, 6) is 1.48. The van der Waals surface area contributed by atoms with Crippen molar-refractivity contribution in [1.82, 2.24) is 15.1 Å². The molecule has 0 radical (unpaired) electrons. The molecule has 2 heterocycles. The number of fused-ring (bicyclic) bond motifs is 2. The predicted molar refractivity (Wildman–Crippen MR) is 86.2 cm³/mol. The van der Waals surface area contributed by atoms with Gasteiger partial charge in [0.15, 0.2) is 0 Å². The molecule has 1 aromatic carbocycles. The number of hydrogen-bond donors (Lipinski definition) is 1. The molecule has 3 atom stereocenters. The van der Waals surface area contributed by atoms with E-state index in [-0.39, 0.29) is 0 Å². The van der Waals surface area contributed by atoms with Crippen LogP contribution in [0.15, 0.2) is 30.5 Å². The summed E-state index contributed by atoms with van der Waals surface area (Å²) in [5.41, 5.74) is 4.11. The Bertz CT molecular complexity index is 679. The van der Waals surface area contributed by atoms with Gasteiger partial charge < -0.3 is 10.1 Å². The standard InChI is InChI=1S/C18H23N3O/c1-12(15-11-22-18-9-4-3-6-13(15)18)20-16-7-5-8-17-14(16)10-19-21(17)2/h3-4,6,9-10,12,15-16,20H,5,7-8,11H2,1-2H3. The Morgan fingerprint density at radius 1 is 1.32 bits per heavy atom. The molecule has 0 bridgehead atoms. The molecule has 1 N–H and O–H groups in total. The van der Waals surface area contributed by atoms with Gasteiger partial charge >= 0.3 is 0 Å². The highest BCUT2D eigenvalue weighted by atomic mass is 16.5. The van der Waals surface area contributed by atoms with Crippen LogP contribution in [-0.4, -0.2) is 22.4 Å². The molecule has 3 unspecified atom stereocenters. The monoisotopic (exact) mass is 297 g/mol. The van der Waals surface area contributed by atoms with Gasteiger partial charge in [0.25, 0.3) is 0 Å². The predicted octanol–water partition coefficient (Wildman–Crippen LogP) is 2.95. The lowest BCUT2D eigenvalue weighted by atomic mass is 9.89. The van der Waals surface area contributed by atoms with E-state index in [9.17, 15) is 0 Å². The fraction of sp³-hybridized carbons (Fsp3) is 0.500. The van der Waals surface area contributed by atoms with Crippen LogP contribution < -0.4 is 10.1 Å². The van der Waals surface area contributed by atoms with E-state index in [0.29, 0.717) is 18.0 Å². The molecular weight excluding hydrogens is 274 g/mol. The molecule has 4 heteroatoms. The van der Waals surface area contributed by atoms with E-state index in [2.05, 4.69) is 35.5 Å². The van der Waals surface area contributed by atoms with E-state index in [1.807, 2.05) is 24.0 Å². The van der Waals surface area contributed by atoms with Crippen molar-refractivity contribution in [3.05, 3.63) is 47.3 Å². The Hall–Kier alpha value is -1.81. The number of rotatable bonds is 3. The molecule has 2 aromatic rings. The van der Waals surface area contributed by atoms with Crippen LogP contribution in [0.25, 0.3) is 0 Å². The summed E-state index contributed by atoms with van der Waals surface area (Å²) in [5, 5.41) is 8.28. The number of aryl methyl sites for hydroxylation is 1. The quantitative estimate of drug-likeness (QED) is 0.946. The van der Waals surface area contributed by atoms with Gasteiger partial charge in [0, 0.05) is 41.9 Å². The summed E-state index contributed by atoms with van der Waals surface area (Å²) in [4.78, 5) is 0. The van der Waals surface area contributed by atoms with Crippen molar-refractivity contribution in [3.63, 3.8) is 0 Å². The molecule has 116 valence electrons. The molecule has 0 saturated carbocycles. The Kier molecular flexibility index (Phi) is 3.41. The van der Waals surface area contributed by atoms with Crippen LogP contribution >= 0.6 is 0 Å². The number of para-hydroxylation sites is 1. The van der Waals surface area contributed by atoms with E-state index in [0.717, 1.165) is 18.8 Å². The van der Waals surface area contributed by atoms with Crippen molar-refractivity contribution in [2.24, 2.45) is 7.05 Å². The summed E-state index contributed by atoms with van der Waals surface area (Å²) in [6.45, 7) is 3.06. The Morgan fingerprint density at radius 3 is 3.09 bits per heavy atom. The smallest absolute Gasteiger partial charge is 0.122 e. The van der Waals surface area contributed by atoms with Gasteiger partial charge in [-0.15, -0.1) is 0 Å². The first-order chi connectivity index (χ1) is 10.7. The summed E-state index contributed by atoms with van der Waals surface area (Å²) >= 11 is 0. The topological polar surface area (TPSA) is 39.1 Å². The summed E-state index contributed by atoms with van der Waals surface area (Å²) in [6, 6.07) is 9.22. The summed E-state index contributed by atoms with van der Waals surface area (Å²) in [7, 11) is 2.05. The zero-order chi connectivity index (χ0) is 15.1. The second-order valence-electron chi connectivity index (χ2n) is 6.53. The second-order valence-corrected chi connectivity index (χ2v) is 6.53. The van der Waals surface area contributed by atoms with Crippen molar-refractivity contribution in [2.75, 3.05) is 6.61 Å². The highest BCUT2D eigenvalue weighted by Gasteiger charge is 2.31. The number of benzene rings is 1. The molecule has 4 nitrogen and oxygen atoms in total. The first kappa shape index (κ1) is 13.8. The van der Waals surface area contributed by atoms with Crippen LogP contribution in [-0.2, 0) is 13.5 Å². The maximum absolute atomic E-state index is 5.84. The minimum atomic E-state index is 0.389. The number of aromatic nitrogens is 2. The largest absolute Gasteiger partial charge is 0.493 e. The van der Waals surface area contributed by atoms with Crippen molar-refractivity contribution in [3.8, 4) is 5.75 Å². The third-order valence-corrected chi connectivity index (χ3v) is 5.18. The van der Waals surface area contributed by atoms with Gasteiger partial charge in [0.2, 0.25) is 0 Å². The molecule has 22 heavy (non-hydrogen) atoms. The van der Waals surface area contributed by atoms with Crippen molar-refractivity contribution < 1.29 is 4.74 Å². The van der Waals surface area contributed by atoms with Crippen LogP contribution in [0.4, 0.5) is 0 Å². The number of nitrogens with zero attached hydrogens (tertiary/aromatic N) is 2. The summed E-state index contributed by atoms with van der Waals surface area (Å²) < 4.78 is 7.87. The van der Waals surface area contributed by atoms with Crippen LogP contribution in [0, 0.1) is 0 Å². The van der Waals surface area contributed by atoms with E-state index in [1.54, 1.807) is 0 Å².